The standard InChI is InChI=1S/C13H26N2O.ClH/c1-10(9-14-4)12(16)15-11-5-7-13(2,3)8-6-11;/h10-11,14H,5-9H2,1-4H3,(H,15,16);1H. The Labute approximate surface area is 112 Å². The Morgan fingerprint density at radius 1 is 1.35 bits per heavy atom. The summed E-state index contributed by atoms with van der Waals surface area (Å²) >= 11 is 0. The Morgan fingerprint density at radius 2 is 1.88 bits per heavy atom. The van der Waals surface area contributed by atoms with E-state index in [0.29, 0.717) is 11.5 Å². The summed E-state index contributed by atoms with van der Waals surface area (Å²) in [5, 5.41) is 6.20. The molecule has 1 aliphatic rings. The van der Waals surface area contributed by atoms with Gasteiger partial charge < -0.3 is 10.6 Å². The van der Waals surface area contributed by atoms with Gasteiger partial charge in [0.1, 0.15) is 0 Å². The van der Waals surface area contributed by atoms with E-state index in [1.165, 1.54) is 12.8 Å². The summed E-state index contributed by atoms with van der Waals surface area (Å²) in [6.07, 6.45) is 4.70. The molecule has 4 heteroatoms. The van der Waals surface area contributed by atoms with Gasteiger partial charge in [-0.15, -0.1) is 12.4 Å². The van der Waals surface area contributed by atoms with Crippen molar-refractivity contribution in [2.75, 3.05) is 13.6 Å². The first-order valence-corrected chi connectivity index (χ1v) is 6.39. The highest BCUT2D eigenvalue weighted by Crippen LogP contribution is 2.34. The predicted octanol–water partition coefficient (Wildman–Crippen LogP) is 2.35. The summed E-state index contributed by atoms with van der Waals surface area (Å²) in [6.45, 7) is 7.35. The molecular weight excluding hydrogens is 236 g/mol. The first-order valence-electron chi connectivity index (χ1n) is 6.39. The van der Waals surface area contributed by atoms with E-state index in [2.05, 4.69) is 24.5 Å². The van der Waals surface area contributed by atoms with Gasteiger partial charge in [-0.25, -0.2) is 0 Å². The van der Waals surface area contributed by atoms with Crippen molar-refractivity contribution in [1.29, 1.82) is 0 Å². The van der Waals surface area contributed by atoms with Crippen molar-refractivity contribution >= 4 is 18.3 Å². The van der Waals surface area contributed by atoms with E-state index < -0.39 is 0 Å². The van der Waals surface area contributed by atoms with E-state index in [9.17, 15) is 4.79 Å². The first kappa shape index (κ1) is 16.7. The van der Waals surface area contributed by atoms with Gasteiger partial charge in [-0.3, -0.25) is 4.79 Å². The van der Waals surface area contributed by atoms with Gasteiger partial charge in [0.15, 0.2) is 0 Å². The summed E-state index contributed by atoms with van der Waals surface area (Å²) in [6, 6.07) is 0.403. The lowest BCUT2D eigenvalue weighted by Gasteiger charge is -2.35. The van der Waals surface area contributed by atoms with Crippen LogP contribution in [0.3, 0.4) is 0 Å². The zero-order chi connectivity index (χ0) is 12.2. The van der Waals surface area contributed by atoms with Crippen molar-refractivity contribution in [3.63, 3.8) is 0 Å². The van der Waals surface area contributed by atoms with Gasteiger partial charge in [-0.05, 0) is 38.1 Å². The number of hydrogen-bond acceptors (Lipinski definition) is 2. The Hall–Kier alpha value is -0.280. The third kappa shape index (κ3) is 5.73. The average molecular weight is 263 g/mol. The highest BCUT2D eigenvalue weighted by atomic mass is 35.5. The fraction of sp³-hybridized carbons (Fsp3) is 0.923. The molecular formula is C13H27ClN2O. The number of halogens is 1. The summed E-state index contributed by atoms with van der Waals surface area (Å²) in [5.41, 5.74) is 0.470. The van der Waals surface area contributed by atoms with Gasteiger partial charge in [-0.2, -0.15) is 0 Å². The van der Waals surface area contributed by atoms with Crippen LogP contribution < -0.4 is 10.6 Å². The van der Waals surface area contributed by atoms with Gasteiger partial charge in [0, 0.05) is 18.5 Å². The number of rotatable bonds is 4. The minimum Gasteiger partial charge on any atom is -0.353 e. The molecule has 1 atom stereocenters. The zero-order valence-corrected chi connectivity index (χ0v) is 12.3. The molecule has 1 fully saturated rings. The van der Waals surface area contributed by atoms with Crippen molar-refractivity contribution in [3.8, 4) is 0 Å². The second-order valence-electron chi connectivity index (χ2n) is 5.91. The third-order valence-electron chi connectivity index (χ3n) is 3.64. The normalized spacial score (nSPS) is 21.4. The average Bonchev–Trinajstić information content (AvgIpc) is 2.21. The van der Waals surface area contributed by atoms with Crippen molar-refractivity contribution in [1.82, 2.24) is 10.6 Å². The lowest BCUT2D eigenvalue weighted by molar-refractivity contribution is -0.125. The largest absolute Gasteiger partial charge is 0.353 e. The van der Waals surface area contributed by atoms with Crippen LogP contribution in [0.5, 0.6) is 0 Å². The lowest BCUT2D eigenvalue weighted by Crippen LogP contribution is -2.43. The van der Waals surface area contributed by atoms with E-state index in [1.54, 1.807) is 0 Å². The van der Waals surface area contributed by atoms with E-state index in [1.807, 2.05) is 14.0 Å². The molecule has 1 amide bonds. The molecule has 0 aliphatic heterocycles. The molecule has 0 saturated heterocycles. The van der Waals surface area contributed by atoms with Crippen LogP contribution in [0.25, 0.3) is 0 Å². The lowest BCUT2D eigenvalue weighted by atomic mass is 9.75. The van der Waals surface area contributed by atoms with Crippen LogP contribution in [0.1, 0.15) is 46.5 Å². The predicted molar refractivity (Wildman–Crippen MR) is 74.5 cm³/mol. The molecule has 0 bridgehead atoms. The quantitative estimate of drug-likeness (QED) is 0.817. The van der Waals surface area contributed by atoms with Crippen LogP contribution in [-0.2, 0) is 4.79 Å². The summed E-state index contributed by atoms with van der Waals surface area (Å²) in [5.74, 6) is 0.263. The zero-order valence-electron chi connectivity index (χ0n) is 11.5. The molecule has 1 unspecified atom stereocenters. The fourth-order valence-corrected chi connectivity index (χ4v) is 2.29. The number of nitrogens with one attached hydrogen (secondary N) is 2. The number of hydrogen-bond donors (Lipinski definition) is 2. The molecule has 0 radical (unpaired) electrons. The Kier molecular flexibility index (Phi) is 7.10. The van der Waals surface area contributed by atoms with Crippen LogP contribution in [0.4, 0.5) is 0 Å². The van der Waals surface area contributed by atoms with Crippen LogP contribution >= 0.6 is 12.4 Å². The second kappa shape index (κ2) is 7.22. The maximum atomic E-state index is 11.8. The van der Waals surface area contributed by atoms with Crippen molar-refractivity contribution in [2.45, 2.75) is 52.5 Å². The molecule has 0 spiro atoms. The fourth-order valence-electron chi connectivity index (χ4n) is 2.29. The van der Waals surface area contributed by atoms with Crippen LogP contribution in [0.2, 0.25) is 0 Å². The molecule has 1 saturated carbocycles. The van der Waals surface area contributed by atoms with E-state index >= 15 is 0 Å². The maximum absolute atomic E-state index is 11.8. The smallest absolute Gasteiger partial charge is 0.224 e. The van der Waals surface area contributed by atoms with Crippen LogP contribution in [0.15, 0.2) is 0 Å². The van der Waals surface area contributed by atoms with Gasteiger partial charge in [0.25, 0.3) is 0 Å². The van der Waals surface area contributed by atoms with Crippen LogP contribution in [0, 0.1) is 11.3 Å². The number of carbonyl (C=O) groups is 1. The Balaban J connectivity index is 0.00000256. The molecule has 0 aromatic carbocycles. The molecule has 0 aromatic heterocycles. The first-order chi connectivity index (χ1) is 7.44. The van der Waals surface area contributed by atoms with Crippen molar-refractivity contribution in [3.05, 3.63) is 0 Å². The third-order valence-corrected chi connectivity index (χ3v) is 3.64. The van der Waals surface area contributed by atoms with Gasteiger partial charge >= 0.3 is 0 Å². The molecule has 102 valence electrons. The summed E-state index contributed by atoms with van der Waals surface area (Å²) in [4.78, 5) is 11.8. The molecule has 1 rings (SSSR count). The second-order valence-corrected chi connectivity index (χ2v) is 5.91. The van der Waals surface area contributed by atoms with E-state index in [-0.39, 0.29) is 24.2 Å². The minimum atomic E-state index is 0. The maximum Gasteiger partial charge on any atom is 0.224 e. The molecule has 17 heavy (non-hydrogen) atoms. The number of carbonyl (C=O) groups excluding carboxylic acids is 1. The summed E-state index contributed by atoms with van der Waals surface area (Å²) < 4.78 is 0. The van der Waals surface area contributed by atoms with Gasteiger partial charge in [0.2, 0.25) is 5.91 Å². The molecule has 2 N–H and O–H groups in total. The van der Waals surface area contributed by atoms with Gasteiger partial charge in [0.05, 0.1) is 0 Å². The van der Waals surface area contributed by atoms with Crippen molar-refractivity contribution in [2.24, 2.45) is 11.3 Å². The minimum absolute atomic E-state index is 0. The van der Waals surface area contributed by atoms with Crippen molar-refractivity contribution < 1.29 is 4.79 Å². The van der Waals surface area contributed by atoms with Crippen LogP contribution in [-0.4, -0.2) is 25.5 Å². The molecule has 1 aliphatic carbocycles. The highest BCUT2D eigenvalue weighted by molar-refractivity contribution is 5.85. The topological polar surface area (TPSA) is 41.1 Å². The van der Waals surface area contributed by atoms with E-state index in [4.69, 9.17) is 0 Å². The number of amides is 1. The van der Waals surface area contributed by atoms with Gasteiger partial charge in [-0.1, -0.05) is 20.8 Å². The Morgan fingerprint density at radius 3 is 2.35 bits per heavy atom. The highest BCUT2D eigenvalue weighted by Gasteiger charge is 2.28. The monoisotopic (exact) mass is 262 g/mol. The Bertz CT molecular complexity index is 234. The molecule has 0 heterocycles. The molecule has 3 nitrogen and oxygen atoms in total. The summed E-state index contributed by atoms with van der Waals surface area (Å²) in [7, 11) is 1.88. The molecule has 0 aromatic rings. The van der Waals surface area contributed by atoms with E-state index in [0.717, 1.165) is 19.4 Å². The SMILES string of the molecule is CNCC(C)C(=O)NC1CCC(C)(C)CC1.Cl.